The number of amides is 2. The molecular weight excluding hydrogens is 248 g/mol. The van der Waals surface area contributed by atoms with E-state index in [4.69, 9.17) is 5.11 Å². The summed E-state index contributed by atoms with van der Waals surface area (Å²) < 4.78 is 0. The summed E-state index contributed by atoms with van der Waals surface area (Å²) in [6.45, 7) is 3.21. The van der Waals surface area contributed by atoms with Gasteiger partial charge in [0.15, 0.2) is 6.04 Å². The van der Waals surface area contributed by atoms with Crippen molar-refractivity contribution in [3.8, 4) is 0 Å². The van der Waals surface area contributed by atoms with Gasteiger partial charge in [-0.2, -0.15) is 0 Å². The van der Waals surface area contributed by atoms with Gasteiger partial charge >= 0.3 is 12.0 Å². The van der Waals surface area contributed by atoms with Gasteiger partial charge < -0.3 is 15.5 Å². The van der Waals surface area contributed by atoms with Gasteiger partial charge in [0.05, 0.1) is 6.10 Å². The Morgan fingerprint density at radius 3 is 2.47 bits per heavy atom. The van der Waals surface area contributed by atoms with E-state index in [0.29, 0.717) is 5.69 Å². The van der Waals surface area contributed by atoms with Crippen molar-refractivity contribution in [2.45, 2.75) is 26.0 Å². The third-order valence-electron chi connectivity index (χ3n) is 2.72. The zero-order valence-electron chi connectivity index (χ0n) is 11.1. The van der Waals surface area contributed by atoms with Crippen LogP contribution >= 0.6 is 0 Å². The van der Waals surface area contributed by atoms with Crippen LogP contribution in [0.2, 0.25) is 0 Å². The van der Waals surface area contributed by atoms with Crippen molar-refractivity contribution in [1.82, 2.24) is 5.32 Å². The number of rotatable bonds is 4. The normalized spacial score (nSPS) is 13.5. The number of aliphatic hydroxyl groups excluding tert-OH is 1. The van der Waals surface area contributed by atoms with Gasteiger partial charge in [-0.1, -0.05) is 12.1 Å². The predicted octanol–water partition coefficient (Wildman–Crippen LogP) is 0.975. The van der Waals surface area contributed by atoms with E-state index in [1.54, 1.807) is 18.2 Å². The molecule has 3 N–H and O–H groups in total. The van der Waals surface area contributed by atoms with Gasteiger partial charge in [-0.25, -0.2) is 9.59 Å². The van der Waals surface area contributed by atoms with Gasteiger partial charge in [-0.3, -0.25) is 4.90 Å². The Hall–Kier alpha value is -2.08. The number of hydrogen-bond donors (Lipinski definition) is 3. The SMILES string of the molecule is Cc1cccc(N(C)C(=O)N[C@H](C(=O)O)[C@@H](C)O)c1. The van der Waals surface area contributed by atoms with E-state index >= 15 is 0 Å². The largest absolute Gasteiger partial charge is 0.480 e. The number of aliphatic carboxylic acids is 1. The summed E-state index contributed by atoms with van der Waals surface area (Å²) in [7, 11) is 1.53. The molecular formula is C13H18N2O4. The topological polar surface area (TPSA) is 89.9 Å². The number of carbonyl (C=O) groups excluding carboxylic acids is 1. The van der Waals surface area contributed by atoms with Crippen LogP contribution in [0, 0.1) is 6.92 Å². The molecule has 1 rings (SSSR count). The second kappa shape index (κ2) is 6.19. The van der Waals surface area contributed by atoms with E-state index in [9.17, 15) is 14.7 Å². The fourth-order valence-electron chi connectivity index (χ4n) is 1.57. The molecule has 1 aromatic rings. The van der Waals surface area contributed by atoms with E-state index in [2.05, 4.69) is 5.32 Å². The number of urea groups is 1. The summed E-state index contributed by atoms with van der Waals surface area (Å²) in [5, 5.41) is 20.5. The molecule has 0 fully saturated rings. The van der Waals surface area contributed by atoms with Gasteiger partial charge in [0, 0.05) is 12.7 Å². The Morgan fingerprint density at radius 2 is 2.00 bits per heavy atom. The molecule has 0 spiro atoms. The molecule has 0 bridgehead atoms. The van der Waals surface area contributed by atoms with E-state index < -0.39 is 24.1 Å². The lowest BCUT2D eigenvalue weighted by molar-refractivity contribution is -0.141. The van der Waals surface area contributed by atoms with Gasteiger partial charge in [-0.05, 0) is 31.5 Å². The van der Waals surface area contributed by atoms with E-state index in [1.807, 2.05) is 13.0 Å². The molecule has 0 saturated carbocycles. The predicted molar refractivity (Wildman–Crippen MR) is 71.2 cm³/mol. The summed E-state index contributed by atoms with van der Waals surface area (Å²) in [6, 6.07) is 5.32. The second-order valence-corrected chi connectivity index (χ2v) is 4.40. The number of aryl methyl sites for hydroxylation is 1. The Kier molecular flexibility index (Phi) is 4.88. The Labute approximate surface area is 111 Å². The molecule has 0 aliphatic carbocycles. The molecule has 104 valence electrons. The second-order valence-electron chi connectivity index (χ2n) is 4.40. The van der Waals surface area contributed by atoms with E-state index in [1.165, 1.54) is 18.9 Å². The quantitative estimate of drug-likeness (QED) is 0.757. The Bertz CT molecular complexity index is 473. The highest BCUT2D eigenvalue weighted by atomic mass is 16.4. The highest BCUT2D eigenvalue weighted by Gasteiger charge is 2.26. The lowest BCUT2D eigenvalue weighted by atomic mass is 10.2. The minimum Gasteiger partial charge on any atom is -0.480 e. The lowest BCUT2D eigenvalue weighted by Gasteiger charge is -2.23. The molecule has 6 nitrogen and oxygen atoms in total. The van der Waals surface area contributed by atoms with Crippen LogP contribution in [-0.2, 0) is 4.79 Å². The van der Waals surface area contributed by atoms with Crippen molar-refractivity contribution in [2.75, 3.05) is 11.9 Å². The standard InChI is InChI=1S/C13H18N2O4/c1-8-5-4-6-10(7-8)15(3)13(19)14-11(9(2)16)12(17)18/h4-7,9,11,16H,1-3H3,(H,14,19)(H,17,18)/t9-,11+/m1/s1. The zero-order chi connectivity index (χ0) is 14.6. The van der Waals surface area contributed by atoms with Gasteiger partial charge in [0.25, 0.3) is 0 Å². The van der Waals surface area contributed by atoms with Gasteiger partial charge in [0.2, 0.25) is 0 Å². The summed E-state index contributed by atoms with van der Waals surface area (Å²) in [5.74, 6) is -1.28. The Morgan fingerprint density at radius 1 is 1.37 bits per heavy atom. The number of aliphatic hydroxyl groups is 1. The first-order chi connectivity index (χ1) is 8.82. The van der Waals surface area contributed by atoms with Crippen LogP contribution in [0.3, 0.4) is 0 Å². The number of hydrogen-bond acceptors (Lipinski definition) is 3. The van der Waals surface area contributed by atoms with Crippen molar-refractivity contribution in [1.29, 1.82) is 0 Å². The van der Waals surface area contributed by atoms with E-state index in [-0.39, 0.29) is 0 Å². The fraction of sp³-hybridized carbons (Fsp3) is 0.385. The summed E-state index contributed by atoms with van der Waals surface area (Å²) in [4.78, 5) is 24.1. The number of carboxylic acids is 1. The number of anilines is 1. The van der Waals surface area contributed by atoms with Crippen LogP contribution in [0.4, 0.5) is 10.5 Å². The molecule has 0 saturated heterocycles. The van der Waals surface area contributed by atoms with Crippen LogP contribution in [0.1, 0.15) is 12.5 Å². The molecule has 2 amide bonds. The van der Waals surface area contributed by atoms with Crippen LogP contribution in [0.5, 0.6) is 0 Å². The van der Waals surface area contributed by atoms with Crippen LogP contribution in [0.25, 0.3) is 0 Å². The third kappa shape index (κ3) is 3.96. The van der Waals surface area contributed by atoms with Crippen LogP contribution < -0.4 is 10.2 Å². The molecule has 0 aliphatic rings. The molecule has 0 unspecified atom stereocenters. The smallest absolute Gasteiger partial charge is 0.328 e. The van der Waals surface area contributed by atoms with Gasteiger partial charge in [0.1, 0.15) is 0 Å². The zero-order valence-corrected chi connectivity index (χ0v) is 11.1. The fourth-order valence-corrected chi connectivity index (χ4v) is 1.57. The maximum Gasteiger partial charge on any atom is 0.328 e. The average Bonchev–Trinajstić information content (AvgIpc) is 2.33. The number of benzene rings is 1. The van der Waals surface area contributed by atoms with Crippen molar-refractivity contribution in [3.63, 3.8) is 0 Å². The maximum atomic E-state index is 11.9. The first kappa shape index (κ1) is 15.0. The Balaban J connectivity index is 2.80. The van der Waals surface area contributed by atoms with Gasteiger partial charge in [-0.15, -0.1) is 0 Å². The number of carboxylic acid groups (broad SMARTS) is 1. The molecule has 1 aromatic carbocycles. The summed E-state index contributed by atoms with van der Waals surface area (Å²) >= 11 is 0. The number of nitrogens with zero attached hydrogens (tertiary/aromatic N) is 1. The highest BCUT2D eigenvalue weighted by Crippen LogP contribution is 2.14. The molecule has 2 atom stereocenters. The van der Waals surface area contributed by atoms with Crippen LogP contribution in [0.15, 0.2) is 24.3 Å². The molecule has 0 aromatic heterocycles. The highest BCUT2D eigenvalue weighted by molar-refractivity contribution is 5.94. The molecule has 0 aliphatic heterocycles. The first-order valence-electron chi connectivity index (χ1n) is 5.84. The molecule has 0 radical (unpaired) electrons. The number of carbonyl (C=O) groups is 2. The summed E-state index contributed by atoms with van der Waals surface area (Å²) in [6.07, 6.45) is -1.17. The number of nitrogens with one attached hydrogen (secondary N) is 1. The van der Waals surface area contributed by atoms with Crippen molar-refractivity contribution in [3.05, 3.63) is 29.8 Å². The average molecular weight is 266 g/mol. The van der Waals surface area contributed by atoms with Crippen molar-refractivity contribution in [2.24, 2.45) is 0 Å². The first-order valence-corrected chi connectivity index (χ1v) is 5.84. The van der Waals surface area contributed by atoms with Crippen LogP contribution in [-0.4, -0.2) is 41.4 Å². The minimum atomic E-state index is -1.33. The molecule has 0 heterocycles. The van der Waals surface area contributed by atoms with E-state index in [0.717, 1.165) is 5.56 Å². The third-order valence-corrected chi connectivity index (χ3v) is 2.72. The lowest BCUT2D eigenvalue weighted by Crippen LogP contribution is -2.51. The van der Waals surface area contributed by atoms with Crippen molar-refractivity contribution < 1.29 is 19.8 Å². The minimum absolute atomic E-state index is 0.584. The molecule has 6 heteroatoms. The molecule has 19 heavy (non-hydrogen) atoms. The maximum absolute atomic E-state index is 11.9. The summed E-state index contributed by atoms with van der Waals surface area (Å²) in [5.41, 5.74) is 1.63. The monoisotopic (exact) mass is 266 g/mol. The van der Waals surface area contributed by atoms with Crippen molar-refractivity contribution >= 4 is 17.7 Å².